The minimum atomic E-state index is 1.04. The largest absolute Gasteiger partial charge is 0.0625 e. The molecule has 0 aromatic heterocycles. The SMILES string of the molecule is CC1CC(CC2CCCC2C)C1. The average Bonchev–Trinajstić information content (AvgIpc) is 2.33. The van der Waals surface area contributed by atoms with Crippen molar-refractivity contribution in [3.8, 4) is 0 Å². The van der Waals surface area contributed by atoms with Gasteiger partial charge in [-0.15, -0.1) is 0 Å². The highest BCUT2D eigenvalue weighted by Crippen LogP contribution is 2.43. The molecular formula is C12H22. The van der Waals surface area contributed by atoms with Crippen LogP contribution >= 0.6 is 0 Å². The summed E-state index contributed by atoms with van der Waals surface area (Å²) in [5.41, 5.74) is 0. The molecule has 0 N–H and O–H groups in total. The molecule has 0 amide bonds. The van der Waals surface area contributed by atoms with Gasteiger partial charge in [0.05, 0.1) is 0 Å². The third-order valence-corrected chi connectivity index (χ3v) is 4.15. The smallest absolute Gasteiger partial charge is 0.0386 e. The van der Waals surface area contributed by atoms with Crippen LogP contribution in [0.25, 0.3) is 0 Å². The molecule has 0 aliphatic heterocycles. The maximum atomic E-state index is 2.46. The first kappa shape index (κ1) is 8.59. The lowest BCUT2D eigenvalue weighted by molar-refractivity contribution is 0.161. The van der Waals surface area contributed by atoms with Gasteiger partial charge in [-0.3, -0.25) is 0 Å². The van der Waals surface area contributed by atoms with Crippen LogP contribution in [0.2, 0.25) is 0 Å². The van der Waals surface area contributed by atoms with Crippen LogP contribution in [-0.2, 0) is 0 Å². The van der Waals surface area contributed by atoms with Crippen molar-refractivity contribution in [1.29, 1.82) is 0 Å². The van der Waals surface area contributed by atoms with Crippen molar-refractivity contribution in [2.45, 2.75) is 52.4 Å². The summed E-state index contributed by atoms with van der Waals surface area (Å²) < 4.78 is 0. The molecule has 2 saturated carbocycles. The van der Waals surface area contributed by atoms with Gasteiger partial charge in [-0.2, -0.15) is 0 Å². The molecule has 0 bridgehead atoms. The van der Waals surface area contributed by atoms with E-state index in [1.54, 1.807) is 6.42 Å². The lowest BCUT2D eigenvalue weighted by atomic mass is 9.71. The summed E-state index contributed by atoms with van der Waals surface area (Å²) in [7, 11) is 0. The predicted octanol–water partition coefficient (Wildman–Crippen LogP) is 3.86. The lowest BCUT2D eigenvalue weighted by Gasteiger charge is -2.35. The van der Waals surface area contributed by atoms with Crippen LogP contribution in [0.5, 0.6) is 0 Å². The van der Waals surface area contributed by atoms with Gasteiger partial charge in [-0.25, -0.2) is 0 Å². The second kappa shape index (κ2) is 3.40. The van der Waals surface area contributed by atoms with Gasteiger partial charge in [-0.05, 0) is 42.9 Å². The molecule has 0 aromatic carbocycles. The van der Waals surface area contributed by atoms with Gasteiger partial charge >= 0.3 is 0 Å². The Morgan fingerprint density at radius 3 is 2.33 bits per heavy atom. The van der Waals surface area contributed by atoms with Crippen LogP contribution in [-0.4, -0.2) is 0 Å². The van der Waals surface area contributed by atoms with E-state index in [2.05, 4.69) is 13.8 Å². The van der Waals surface area contributed by atoms with E-state index in [9.17, 15) is 0 Å². The molecule has 0 aromatic rings. The summed E-state index contributed by atoms with van der Waals surface area (Å²) in [6.45, 7) is 4.86. The maximum absolute atomic E-state index is 2.46. The standard InChI is InChI=1S/C12H22/c1-9-6-11(7-9)8-12-5-3-4-10(12)2/h9-12H,3-8H2,1-2H3. The van der Waals surface area contributed by atoms with Crippen LogP contribution in [0.4, 0.5) is 0 Å². The second-order valence-corrected chi connectivity index (χ2v) is 5.35. The Bertz CT molecular complexity index is 144. The molecule has 0 heterocycles. The number of hydrogen-bond donors (Lipinski definition) is 0. The van der Waals surface area contributed by atoms with Crippen molar-refractivity contribution < 1.29 is 0 Å². The van der Waals surface area contributed by atoms with Gasteiger partial charge in [0.25, 0.3) is 0 Å². The first-order valence-corrected chi connectivity index (χ1v) is 5.75. The van der Waals surface area contributed by atoms with E-state index in [0.717, 1.165) is 23.7 Å². The van der Waals surface area contributed by atoms with E-state index in [1.807, 2.05) is 0 Å². The molecule has 2 atom stereocenters. The Balaban J connectivity index is 1.72. The van der Waals surface area contributed by atoms with Crippen molar-refractivity contribution in [2.75, 3.05) is 0 Å². The third kappa shape index (κ3) is 1.67. The Morgan fingerprint density at radius 2 is 1.83 bits per heavy atom. The summed E-state index contributed by atoms with van der Waals surface area (Å²) >= 11 is 0. The van der Waals surface area contributed by atoms with Crippen LogP contribution < -0.4 is 0 Å². The first-order valence-electron chi connectivity index (χ1n) is 5.75. The fourth-order valence-corrected chi connectivity index (χ4v) is 3.26. The van der Waals surface area contributed by atoms with Crippen LogP contribution in [0.3, 0.4) is 0 Å². The van der Waals surface area contributed by atoms with E-state index in [1.165, 1.54) is 32.1 Å². The molecule has 0 nitrogen and oxygen atoms in total. The van der Waals surface area contributed by atoms with Crippen LogP contribution in [0.1, 0.15) is 52.4 Å². The average molecular weight is 166 g/mol. The molecular weight excluding hydrogens is 144 g/mol. The molecule has 0 spiro atoms. The lowest BCUT2D eigenvalue weighted by Crippen LogP contribution is -2.24. The third-order valence-electron chi connectivity index (χ3n) is 4.15. The summed E-state index contributed by atoms with van der Waals surface area (Å²) in [6.07, 6.45) is 9.17. The molecule has 2 unspecified atom stereocenters. The van der Waals surface area contributed by atoms with E-state index in [0.29, 0.717) is 0 Å². The second-order valence-electron chi connectivity index (χ2n) is 5.35. The predicted molar refractivity (Wildman–Crippen MR) is 53.0 cm³/mol. The van der Waals surface area contributed by atoms with Gasteiger partial charge in [0.1, 0.15) is 0 Å². The zero-order valence-corrected chi connectivity index (χ0v) is 8.55. The Kier molecular flexibility index (Phi) is 2.43. The van der Waals surface area contributed by atoms with Gasteiger partial charge in [-0.1, -0.05) is 33.1 Å². The van der Waals surface area contributed by atoms with Gasteiger partial charge in [0.2, 0.25) is 0 Å². The van der Waals surface area contributed by atoms with Gasteiger partial charge in [0, 0.05) is 0 Å². The number of rotatable bonds is 2. The van der Waals surface area contributed by atoms with Gasteiger partial charge in [0.15, 0.2) is 0 Å². The molecule has 12 heavy (non-hydrogen) atoms. The van der Waals surface area contributed by atoms with E-state index < -0.39 is 0 Å². The van der Waals surface area contributed by atoms with E-state index >= 15 is 0 Å². The van der Waals surface area contributed by atoms with Crippen molar-refractivity contribution >= 4 is 0 Å². The fourth-order valence-electron chi connectivity index (χ4n) is 3.26. The zero-order chi connectivity index (χ0) is 8.55. The highest BCUT2D eigenvalue weighted by atomic mass is 14.4. The highest BCUT2D eigenvalue weighted by Gasteiger charge is 2.31. The summed E-state index contributed by atoms with van der Waals surface area (Å²) in [5.74, 6) is 4.31. The van der Waals surface area contributed by atoms with E-state index in [-0.39, 0.29) is 0 Å². The summed E-state index contributed by atoms with van der Waals surface area (Å²) in [6, 6.07) is 0. The maximum Gasteiger partial charge on any atom is -0.0386 e. The molecule has 2 aliphatic carbocycles. The molecule has 2 aliphatic rings. The molecule has 0 saturated heterocycles. The zero-order valence-electron chi connectivity index (χ0n) is 8.55. The molecule has 2 fully saturated rings. The Labute approximate surface area is 76.7 Å². The quantitative estimate of drug-likeness (QED) is 0.584. The van der Waals surface area contributed by atoms with Crippen LogP contribution in [0, 0.1) is 23.7 Å². The summed E-state index contributed by atoms with van der Waals surface area (Å²) in [5, 5.41) is 0. The number of hydrogen-bond acceptors (Lipinski definition) is 0. The summed E-state index contributed by atoms with van der Waals surface area (Å²) in [4.78, 5) is 0. The van der Waals surface area contributed by atoms with E-state index in [4.69, 9.17) is 0 Å². The first-order chi connectivity index (χ1) is 5.75. The van der Waals surface area contributed by atoms with Crippen molar-refractivity contribution in [3.63, 3.8) is 0 Å². The van der Waals surface area contributed by atoms with Crippen LogP contribution in [0.15, 0.2) is 0 Å². The van der Waals surface area contributed by atoms with Gasteiger partial charge < -0.3 is 0 Å². The molecule has 0 heteroatoms. The van der Waals surface area contributed by atoms with Crippen molar-refractivity contribution in [2.24, 2.45) is 23.7 Å². The minimum Gasteiger partial charge on any atom is -0.0625 e. The fraction of sp³-hybridized carbons (Fsp3) is 1.00. The highest BCUT2D eigenvalue weighted by molar-refractivity contribution is 4.82. The van der Waals surface area contributed by atoms with Crippen molar-refractivity contribution in [3.05, 3.63) is 0 Å². The minimum absolute atomic E-state index is 1.04. The molecule has 70 valence electrons. The normalized spacial score (nSPS) is 47.5. The van der Waals surface area contributed by atoms with Crippen molar-refractivity contribution in [1.82, 2.24) is 0 Å². The Morgan fingerprint density at radius 1 is 1.08 bits per heavy atom. The monoisotopic (exact) mass is 166 g/mol. The molecule has 2 rings (SSSR count). The Hall–Kier alpha value is 0. The topological polar surface area (TPSA) is 0 Å². The molecule has 0 radical (unpaired) electrons.